The summed E-state index contributed by atoms with van der Waals surface area (Å²) in [5.41, 5.74) is 0.992. The van der Waals surface area contributed by atoms with Gasteiger partial charge in [0.25, 0.3) is 0 Å². The summed E-state index contributed by atoms with van der Waals surface area (Å²) >= 11 is 1.88. The number of anilines is 2. The topological polar surface area (TPSA) is 66.0 Å². The van der Waals surface area contributed by atoms with Crippen molar-refractivity contribution < 1.29 is 0 Å². The molecule has 0 bridgehead atoms. The summed E-state index contributed by atoms with van der Waals surface area (Å²) in [6, 6.07) is 12.8. The van der Waals surface area contributed by atoms with E-state index in [1.807, 2.05) is 50.4 Å². The number of nitrogens with one attached hydrogen (secondary N) is 2. The third-order valence-electron chi connectivity index (χ3n) is 5.82. The second-order valence-electron chi connectivity index (χ2n) is 8.38. The first-order chi connectivity index (χ1) is 15.2. The van der Waals surface area contributed by atoms with Crippen LogP contribution in [0.25, 0.3) is 10.9 Å². The van der Waals surface area contributed by atoms with Crippen molar-refractivity contribution in [3.8, 4) is 0 Å². The number of aromatic nitrogens is 3. The molecular weight excluding hydrogens is 404 g/mol. The van der Waals surface area contributed by atoms with Gasteiger partial charge in [-0.1, -0.05) is 12.1 Å². The summed E-state index contributed by atoms with van der Waals surface area (Å²) < 4.78 is 0. The van der Waals surface area contributed by atoms with Crippen molar-refractivity contribution in [2.45, 2.75) is 36.6 Å². The summed E-state index contributed by atoms with van der Waals surface area (Å²) in [7, 11) is 4.07. The molecule has 0 unspecified atom stereocenters. The Morgan fingerprint density at radius 1 is 1.00 bits per heavy atom. The average molecular weight is 437 g/mol. The predicted octanol–water partition coefficient (Wildman–Crippen LogP) is 4.44. The van der Waals surface area contributed by atoms with Gasteiger partial charge in [-0.3, -0.25) is 4.98 Å². The molecule has 4 rings (SSSR count). The van der Waals surface area contributed by atoms with Gasteiger partial charge in [0, 0.05) is 55.1 Å². The molecule has 2 aromatic heterocycles. The van der Waals surface area contributed by atoms with Gasteiger partial charge in [-0.2, -0.15) is 4.98 Å². The Morgan fingerprint density at radius 2 is 1.77 bits per heavy atom. The van der Waals surface area contributed by atoms with Gasteiger partial charge in [-0.15, -0.1) is 11.8 Å². The van der Waals surface area contributed by atoms with Crippen LogP contribution in [0, 0.1) is 5.92 Å². The fraction of sp³-hybridized carbons (Fsp3) is 0.458. The molecule has 1 fully saturated rings. The van der Waals surface area contributed by atoms with Gasteiger partial charge in [0.2, 0.25) is 5.95 Å². The van der Waals surface area contributed by atoms with E-state index < -0.39 is 0 Å². The minimum atomic E-state index is 0.453. The zero-order valence-corrected chi connectivity index (χ0v) is 19.2. The van der Waals surface area contributed by atoms with Crippen LogP contribution in [-0.2, 0) is 0 Å². The first kappa shape index (κ1) is 21.8. The number of hydrogen-bond acceptors (Lipinski definition) is 7. The molecule has 2 N–H and O–H groups in total. The van der Waals surface area contributed by atoms with Crippen molar-refractivity contribution in [2.24, 2.45) is 5.92 Å². The van der Waals surface area contributed by atoms with Crippen LogP contribution in [0.2, 0.25) is 0 Å². The fourth-order valence-corrected chi connectivity index (χ4v) is 4.94. The summed E-state index contributed by atoms with van der Waals surface area (Å²) in [5, 5.41) is 8.34. The summed E-state index contributed by atoms with van der Waals surface area (Å²) in [5.74, 6) is 3.57. The molecule has 3 aromatic rings. The molecule has 0 amide bonds. The van der Waals surface area contributed by atoms with Crippen LogP contribution in [0.3, 0.4) is 0 Å². The van der Waals surface area contributed by atoms with E-state index in [4.69, 9.17) is 9.97 Å². The molecule has 0 aliphatic heterocycles. The van der Waals surface area contributed by atoms with Crippen LogP contribution in [-0.4, -0.2) is 53.9 Å². The van der Waals surface area contributed by atoms with Crippen LogP contribution >= 0.6 is 11.8 Å². The Kier molecular flexibility index (Phi) is 7.59. The largest absolute Gasteiger partial charge is 0.362 e. The highest BCUT2D eigenvalue weighted by atomic mass is 32.2. The first-order valence-corrected chi connectivity index (χ1v) is 12.1. The number of hydrogen-bond donors (Lipinski definition) is 2. The highest BCUT2D eigenvalue weighted by Crippen LogP contribution is 2.28. The van der Waals surface area contributed by atoms with Crippen LogP contribution in [0.4, 0.5) is 11.8 Å². The maximum atomic E-state index is 4.79. The van der Waals surface area contributed by atoms with Gasteiger partial charge in [-0.25, -0.2) is 4.98 Å². The second kappa shape index (κ2) is 10.8. The van der Waals surface area contributed by atoms with Crippen molar-refractivity contribution in [1.29, 1.82) is 0 Å². The van der Waals surface area contributed by atoms with Gasteiger partial charge in [0.1, 0.15) is 5.82 Å². The van der Waals surface area contributed by atoms with Crippen molar-refractivity contribution in [2.75, 3.05) is 43.2 Å². The third-order valence-corrected chi connectivity index (χ3v) is 6.83. The highest BCUT2D eigenvalue weighted by molar-refractivity contribution is 7.99. The number of pyridine rings is 1. The standard InChI is InChI=1S/C24H32N6S/c1-30(2)23-21-5-3-4-6-22(21)28-24(29-23)27-19-9-7-18(8-10-19)17-26-15-16-31-20-11-13-25-14-12-20/h3-6,11-14,18-19,26H,7-10,15-17H2,1-2H3,(H,27,28,29). The maximum absolute atomic E-state index is 4.79. The van der Waals surface area contributed by atoms with Crippen LogP contribution < -0.4 is 15.5 Å². The van der Waals surface area contributed by atoms with E-state index >= 15 is 0 Å². The Hall–Kier alpha value is -2.38. The number of fused-ring (bicyclic) bond motifs is 1. The lowest BCUT2D eigenvalue weighted by Crippen LogP contribution is -2.32. The molecule has 7 heteroatoms. The Balaban J connectivity index is 1.21. The predicted molar refractivity (Wildman–Crippen MR) is 131 cm³/mol. The minimum absolute atomic E-state index is 0.453. The lowest BCUT2D eigenvalue weighted by molar-refractivity contribution is 0.326. The van der Waals surface area contributed by atoms with Crippen molar-refractivity contribution in [3.63, 3.8) is 0 Å². The van der Waals surface area contributed by atoms with E-state index in [9.17, 15) is 0 Å². The molecule has 164 valence electrons. The van der Waals surface area contributed by atoms with Crippen molar-refractivity contribution >= 4 is 34.4 Å². The molecular formula is C24H32N6S. The van der Waals surface area contributed by atoms with E-state index in [0.29, 0.717) is 6.04 Å². The molecule has 1 aromatic carbocycles. The number of rotatable bonds is 9. The smallest absolute Gasteiger partial charge is 0.225 e. The lowest BCUT2D eigenvalue weighted by atomic mass is 9.86. The molecule has 0 saturated heterocycles. The molecule has 0 radical (unpaired) electrons. The molecule has 0 atom stereocenters. The number of para-hydroxylation sites is 1. The fourth-order valence-electron chi connectivity index (χ4n) is 4.14. The highest BCUT2D eigenvalue weighted by Gasteiger charge is 2.22. The molecule has 1 aliphatic rings. The molecule has 1 saturated carbocycles. The Bertz CT molecular complexity index is 957. The van der Waals surface area contributed by atoms with Crippen LogP contribution in [0.15, 0.2) is 53.7 Å². The molecule has 0 spiro atoms. The zero-order valence-electron chi connectivity index (χ0n) is 18.4. The maximum Gasteiger partial charge on any atom is 0.225 e. The minimum Gasteiger partial charge on any atom is -0.362 e. The number of benzene rings is 1. The quantitative estimate of drug-likeness (QED) is 0.380. The first-order valence-electron chi connectivity index (χ1n) is 11.1. The SMILES string of the molecule is CN(C)c1nc(NC2CCC(CNCCSc3ccncc3)CC2)nc2ccccc12. The van der Waals surface area contributed by atoms with Gasteiger partial charge in [0.15, 0.2) is 0 Å². The van der Waals surface area contributed by atoms with E-state index in [0.717, 1.165) is 47.4 Å². The Morgan fingerprint density at radius 3 is 2.55 bits per heavy atom. The summed E-state index contributed by atoms with van der Waals surface area (Å²) in [6.45, 7) is 2.16. The number of nitrogens with zero attached hydrogens (tertiary/aromatic N) is 4. The van der Waals surface area contributed by atoms with E-state index in [1.54, 1.807) is 0 Å². The van der Waals surface area contributed by atoms with E-state index in [2.05, 4.69) is 44.8 Å². The van der Waals surface area contributed by atoms with Crippen molar-refractivity contribution in [3.05, 3.63) is 48.8 Å². The van der Waals surface area contributed by atoms with E-state index in [-0.39, 0.29) is 0 Å². The number of thioether (sulfide) groups is 1. The molecule has 31 heavy (non-hydrogen) atoms. The normalized spacial score (nSPS) is 18.8. The summed E-state index contributed by atoms with van der Waals surface area (Å²) in [4.78, 5) is 17.0. The van der Waals surface area contributed by atoms with Crippen LogP contribution in [0.5, 0.6) is 0 Å². The van der Waals surface area contributed by atoms with Gasteiger partial charge >= 0.3 is 0 Å². The zero-order chi connectivity index (χ0) is 21.5. The average Bonchev–Trinajstić information content (AvgIpc) is 2.80. The monoisotopic (exact) mass is 436 g/mol. The van der Waals surface area contributed by atoms with Crippen LogP contribution in [0.1, 0.15) is 25.7 Å². The van der Waals surface area contributed by atoms with Gasteiger partial charge in [0.05, 0.1) is 5.52 Å². The lowest BCUT2D eigenvalue weighted by Gasteiger charge is -2.29. The third kappa shape index (κ3) is 6.08. The van der Waals surface area contributed by atoms with Crippen molar-refractivity contribution in [1.82, 2.24) is 20.3 Å². The second-order valence-corrected chi connectivity index (χ2v) is 9.55. The molecule has 6 nitrogen and oxygen atoms in total. The Labute approximate surface area is 189 Å². The summed E-state index contributed by atoms with van der Waals surface area (Å²) in [6.07, 6.45) is 8.54. The van der Waals surface area contributed by atoms with Gasteiger partial charge < -0.3 is 15.5 Å². The van der Waals surface area contributed by atoms with Gasteiger partial charge in [-0.05, 0) is 62.4 Å². The molecule has 2 heterocycles. The van der Waals surface area contributed by atoms with E-state index in [1.165, 1.54) is 30.6 Å². The molecule has 1 aliphatic carbocycles.